The lowest BCUT2D eigenvalue weighted by molar-refractivity contribution is 0.319. The third-order valence-corrected chi connectivity index (χ3v) is 3.27. The van der Waals surface area contributed by atoms with Gasteiger partial charge in [-0.3, -0.25) is 4.99 Å². The molecule has 0 spiro atoms. The molecule has 22 heavy (non-hydrogen) atoms. The number of guanidine groups is 1. The number of benzene rings is 1. The molecule has 1 aromatic carbocycles. The molecule has 0 saturated carbocycles. The third kappa shape index (κ3) is 7.89. The van der Waals surface area contributed by atoms with Crippen molar-refractivity contribution in [3.8, 4) is 5.75 Å². The van der Waals surface area contributed by atoms with Crippen LogP contribution in [0.15, 0.2) is 41.9 Å². The Kier molecular flexibility index (Phi) is 12.0. The topological polar surface area (TPSA) is 36.9 Å². The van der Waals surface area contributed by atoms with E-state index in [1.54, 1.807) is 7.05 Å². The highest BCUT2D eigenvalue weighted by Gasteiger charge is 2.05. The van der Waals surface area contributed by atoms with Crippen LogP contribution >= 0.6 is 35.6 Å². The lowest BCUT2D eigenvalue weighted by Gasteiger charge is -2.21. The van der Waals surface area contributed by atoms with Crippen LogP contribution in [-0.2, 0) is 0 Å². The fourth-order valence-corrected chi connectivity index (χ4v) is 2.04. The monoisotopic (exact) mass is 437 g/mol. The minimum atomic E-state index is 0. The summed E-state index contributed by atoms with van der Waals surface area (Å²) >= 11 is 6.03. The normalized spacial score (nSPS) is 10.6. The molecule has 0 fully saturated rings. The van der Waals surface area contributed by atoms with Gasteiger partial charge in [-0.1, -0.05) is 29.8 Å². The molecular formula is C16H25ClIN3O. The van der Waals surface area contributed by atoms with E-state index in [4.69, 9.17) is 16.3 Å². The van der Waals surface area contributed by atoms with E-state index >= 15 is 0 Å². The minimum Gasteiger partial charge on any atom is -0.490 e. The summed E-state index contributed by atoms with van der Waals surface area (Å²) < 4.78 is 5.63. The molecule has 0 amide bonds. The molecule has 0 aliphatic heterocycles. The third-order valence-electron chi connectivity index (χ3n) is 2.95. The zero-order valence-electron chi connectivity index (χ0n) is 13.2. The molecule has 124 valence electrons. The van der Waals surface area contributed by atoms with E-state index in [2.05, 4.69) is 21.8 Å². The summed E-state index contributed by atoms with van der Waals surface area (Å²) in [6.07, 6.45) is 4.01. The first kappa shape index (κ1) is 21.0. The van der Waals surface area contributed by atoms with Crippen molar-refractivity contribution >= 4 is 41.5 Å². The Morgan fingerprint density at radius 2 is 2.18 bits per heavy atom. The zero-order valence-corrected chi connectivity index (χ0v) is 16.3. The highest BCUT2D eigenvalue weighted by atomic mass is 127. The largest absolute Gasteiger partial charge is 0.490 e. The summed E-state index contributed by atoms with van der Waals surface area (Å²) in [7, 11) is 3.80. The molecule has 0 unspecified atom stereocenters. The van der Waals surface area contributed by atoms with Gasteiger partial charge in [0.2, 0.25) is 0 Å². The molecule has 1 aromatic rings. The molecule has 0 bridgehead atoms. The molecule has 0 heterocycles. The fourth-order valence-electron chi connectivity index (χ4n) is 1.85. The first-order chi connectivity index (χ1) is 10.2. The Morgan fingerprint density at radius 1 is 1.45 bits per heavy atom. The molecule has 0 aliphatic rings. The lowest BCUT2D eigenvalue weighted by atomic mass is 10.3. The summed E-state index contributed by atoms with van der Waals surface area (Å²) in [5.41, 5.74) is 0. The van der Waals surface area contributed by atoms with Gasteiger partial charge >= 0.3 is 0 Å². The summed E-state index contributed by atoms with van der Waals surface area (Å²) in [4.78, 5) is 6.35. The second-order valence-electron chi connectivity index (χ2n) is 4.61. The lowest BCUT2D eigenvalue weighted by Crippen LogP contribution is -2.41. The van der Waals surface area contributed by atoms with Crippen LogP contribution in [0.1, 0.15) is 12.8 Å². The Hall–Kier alpha value is -0.950. The number of aliphatic imine (C=N–C) groups is 1. The second kappa shape index (κ2) is 12.6. The van der Waals surface area contributed by atoms with E-state index in [-0.39, 0.29) is 24.0 Å². The van der Waals surface area contributed by atoms with Crippen molar-refractivity contribution in [2.75, 3.05) is 33.8 Å². The van der Waals surface area contributed by atoms with Crippen LogP contribution in [0, 0.1) is 0 Å². The highest BCUT2D eigenvalue weighted by Crippen LogP contribution is 2.22. The molecule has 0 radical (unpaired) electrons. The highest BCUT2D eigenvalue weighted by molar-refractivity contribution is 14.0. The first-order valence-corrected chi connectivity index (χ1v) is 7.47. The maximum atomic E-state index is 6.03. The average molecular weight is 438 g/mol. The smallest absolute Gasteiger partial charge is 0.193 e. The SMILES string of the molecule is C=CCCCN(C)C(=NC)NCCOc1ccccc1Cl.I. The van der Waals surface area contributed by atoms with E-state index in [1.807, 2.05) is 37.4 Å². The van der Waals surface area contributed by atoms with Gasteiger partial charge in [0.25, 0.3) is 0 Å². The van der Waals surface area contributed by atoms with Crippen LogP contribution in [0.5, 0.6) is 5.75 Å². The number of hydrogen-bond donors (Lipinski definition) is 1. The number of nitrogens with one attached hydrogen (secondary N) is 1. The molecule has 1 rings (SSSR count). The van der Waals surface area contributed by atoms with Crippen molar-refractivity contribution in [1.29, 1.82) is 0 Å². The van der Waals surface area contributed by atoms with Crippen LogP contribution in [0.3, 0.4) is 0 Å². The van der Waals surface area contributed by atoms with E-state index in [9.17, 15) is 0 Å². The van der Waals surface area contributed by atoms with Gasteiger partial charge in [0.15, 0.2) is 5.96 Å². The molecule has 0 saturated heterocycles. The van der Waals surface area contributed by atoms with Crippen LogP contribution in [0.2, 0.25) is 5.02 Å². The van der Waals surface area contributed by atoms with Crippen molar-refractivity contribution in [1.82, 2.24) is 10.2 Å². The number of rotatable bonds is 8. The Morgan fingerprint density at radius 3 is 2.82 bits per heavy atom. The number of para-hydroxylation sites is 1. The summed E-state index contributed by atoms with van der Waals surface area (Å²) in [6, 6.07) is 7.46. The van der Waals surface area contributed by atoms with Crippen LogP contribution < -0.4 is 10.1 Å². The number of ether oxygens (including phenoxy) is 1. The Balaban J connectivity index is 0.00000441. The van der Waals surface area contributed by atoms with Crippen molar-refractivity contribution in [2.24, 2.45) is 4.99 Å². The molecule has 4 nitrogen and oxygen atoms in total. The standard InChI is InChI=1S/C16H24ClN3O.HI/c1-4-5-8-12-20(3)16(18-2)19-11-13-21-15-10-7-6-9-14(15)17;/h4,6-7,9-10H,1,5,8,11-13H2,2-3H3,(H,18,19);1H. The van der Waals surface area contributed by atoms with Crippen LogP contribution in [0.4, 0.5) is 0 Å². The van der Waals surface area contributed by atoms with Gasteiger partial charge < -0.3 is 15.0 Å². The molecule has 1 N–H and O–H groups in total. The van der Waals surface area contributed by atoms with Gasteiger partial charge in [0.05, 0.1) is 11.6 Å². The number of hydrogen-bond acceptors (Lipinski definition) is 2. The van der Waals surface area contributed by atoms with E-state index in [1.165, 1.54) is 0 Å². The number of nitrogens with zero attached hydrogens (tertiary/aromatic N) is 2. The maximum absolute atomic E-state index is 6.03. The van der Waals surface area contributed by atoms with Gasteiger partial charge in [0, 0.05) is 20.6 Å². The molecule has 0 aromatic heterocycles. The predicted octanol–water partition coefficient (Wildman–Crippen LogP) is 3.81. The molecule has 0 aliphatic carbocycles. The van der Waals surface area contributed by atoms with Gasteiger partial charge in [0.1, 0.15) is 12.4 Å². The maximum Gasteiger partial charge on any atom is 0.193 e. The number of halogens is 2. The predicted molar refractivity (Wildman–Crippen MR) is 106 cm³/mol. The van der Waals surface area contributed by atoms with E-state index in [0.29, 0.717) is 23.9 Å². The van der Waals surface area contributed by atoms with Gasteiger partial charge in [-0.2, -0.15) is 0 Å². The van der Waals surface area contributed by atoms with Crippen molar-refractivity contribution in [3.63, 3.8) is 0 Å². The van der Waals surface area contributed by atoms with Crippen LogP contribution in [-0.4, -0.2) is 44.7 Å². The minimum absolute atomic E-state index is 0. The van der Waals surface area contributed by atoms with Gasteiger partial charge in [-0.25, -0.2) is 0 Å². The Bertz CT molecular complexity index is 468. The average Bonchev–Trinajstić information content (AvgIpc) is 2.49. The zero-order chi connectivity index (χ0) is 15.5. The molecular weight excluding hydrogens is 413 g/mol. The Labute approximate surface area is 155 Å². The van der Waals surface area contributed by atoms with Crippen LogP contribution in [0.25, 0.3) is 0 Å². The quantitative estimate of drug-likeness (QED) is 0.221. The fraction of sp³-hybridized carbons (Fsp3) is 0.438. The van der Waals surface area contributed by atoms with Crippen molar-refractivity contribution in [2.45, 2.75) is 12.8 Å². The summed E-state index contributed by atoms with van der Waals surface area (Å²) in [5, 5.41) is 3.90. The van der Waals surface area contributed by atoms with E-state index < -0.39 is 0 Å². The number of allylic oxidation sites excluding steroid dienone is 1. The second-order valence-corrected chi connectivity index (χ2v) is 5.01. The molecule has 0 atom stereocenters. The van der Waals surface area contributed by atoms with Gasteiger partial charge in [-0.15, -0.1) is 30.6 Å². The van der Waals surface area contributed by atoms with Gasteiger partial charge in [-0.05, 0) is 25.0 Å². The summed E-state index contributed by atoms with van der Waals surface area (Å²) in [5.74, 6) is 1.57. The first-order valence-electron chi connectivity index (χ1n) is 7.09. The van der Waals surface area contributed by atoms with Crippen molar-refractivity contribution < 1.29 is 4.74 Å². The number of unbranched alkanes of at least 4 members (excludes halogenated alkanes) is 1. The summed E-state index contributed by atoms with van der Waals surface area (Å²) in [6.45, 7) is 5.87. The van der Waals surface area contributed by atoms with Crippen molar-refractivity contribution in [3.05, 3.63) is 41.9 Å². The van der Waals surface area contributed by atoms with E-state index in [0.717, 1.165) is 25.3 Å². The molecule has 6 heteroatoms.